The molecular formula is C8H12F3NO6. The second kappa shape index (κ2) is 5.36. The Labute approximate surface area is 98.8 Å². The van der Waals surface area contributed by atoms with E-state index in [4.69, 9.17) is 5.11 Å². The molecule has 0 aromatic heterocycles. The molecule has 0 aromatic rings. The average molecular weight is 275 g/mol. The third kappa shape index (κ3) is 3.09. The lowest BCUT2D eigenvalue weighted by Gasteiger charge is -2.40. The standard InChI is InChI=1S/C8H12F3NO6/c9-8(10,11)7(17)12-3-5(15)4(14)2(1-13)18-6(3)16/h2-6,13-16H,1H2,(H,12,17)/t2-,3-,4+,5+,6-/m1/s1. The van der Waals surface area contributed by atoms with E-state index in [0.29, 0.717) is 0 Å². The second-order valence-electron chi connectivity index (χ2n) is 3.73. The summed E-state index contributed by atoms with van der Waals surface area (Å²) in [6, 6.07) is -1.85. The molecule has 5 N–H and O–H groups in total. The largest absolute Gasteiger partial charge is 0.471 e. The van der Waals surface area contributed by atoms with Gasteiger partial charge in [0.1, 0.15) is 24.4 Å². The van der Waals surface area contributed by atoms with E-state index in [0.717, 1.165) is 0 Å². The highest BCUT2D eigenvalue weighted by molar-refractivity contribution is 5.82. The number of rotatable bonds is 2. The van der Waals surface area contributed by atoms with Gasteiger partial charge in [-0.05, 0) is 0 Å². The number of ether oxygens (including phenoxy) is 1. The molecule has 0 saturated carbocycles. The second-order valence-corrected chi connectivity index (χ2v) is 3.73. The highest BCUT2D eigenvalue weighted by Crippen LogP contribution is 2.21. The van der Waals surface area contributed by atoms with Crippen LogP contribution in [0.15, 0.2) is 0 Å². The third-order valence-corrected chi connectivity index (χ3v) is 2.46. The number of aliphatic hydroxyl groups excluding tert-OH is 4. The molecule has 0 spiro atoms. The van der Waals surface area contributed by atoms with Gasteiger partial charge in [0.05, 0.1) is 6.61 Å². The smallest absolute Gasteiger partial charge is 0.394 e. The Bertz CT molecular complexity index is 312. The Morgan fingerprint density at radius 3 is 2.22 bits per heavy atom. The summed E-state index contributed by atoms with van der Waals surface area (Å²) in [5, 5.41) is 38.1. The monoisotopic (exact) mass is 275 g/mol. The first-order valence-corrected chi connectivity index (χ1v) is 4.86. The lowest BCUT2D eigenvalue weighted by atomic mass is 9.97. The molecule has 0 radical (unpaired) electrons. The van der Waals surface area contributed by atoms with Crippen LogP contribution in [0.3, 0.4) is 0 Å². The van der Waals surface area contributed by atoms with Crippen molar-refractivity contribution in [3.8, 4) is 0 Å². The molecule has 0 bridgehead atoms. The zero-order chi connectivity index (χ0) is 14.1. The summed E-state index contributed by atoms with van der Waals surface area (Å²) < 4.78 is 40.5. The molecule has 1 heterocycles. The van der Waals surface area contributed by atoms with E-state index in [-0.39, 0.29) is 0 Å². The van der Waals surface area contributed by atoms with E-state index in [2.05, 4.69) is 4.74 Å². The Kier molecular flexibility index (Phi) is 4.50. The van der Waals surface area contributed by atoms with E-state index in [1.165, 1.54) is 5.32 Å². The topological polar surface area (TPSA) is 119 Å². The fourth-order valence-electron chi connectivity index (χ4n) is 1.49. The number of hydrogen-bond donors (Lipinski definition) is 5. The maximum atomic E-state index is 12.0. The van der Waals surface area contributed by atoms with Crippen LogP contribution < -0.4 is 5.32 Å². The van der Waals surface area contributed by atoms with Crippen LogP contribution in [0.25, 0.3) is 0 Å². The van der Waals surface area contributed by atoms with Gasteiger partial charge >= 0.3 is 12.1 Å². The van der Waals surface area contributed by atoms with Crippen molar-refractivity contribution in [1.29, 1.82) is 0 Å². The predicted molar refractivity (Wildman–Crippen MR) is 48.0 cm³/mol. The van der Waals surface area contributed by atoms with E-state index >= 15 is 0 Å². The van der Waals surface area contributed by atoms with Gasteiger partial charge in [-0.1, -0.05) is 0 Å². The van der Waals surface area contributed by atoms with Crippen molar-refractivity contribution in [1.82, 2.24) is 5.32 Å². The summed E-state index contributed by atoms with van der Waals surface area (Å²) >= 11 is 0. The Hall–Kier alpha value is -0.940. The van der Waals surface area contributed by atoms with Gasteiger partial charge in [0, 0.05) is 0 Å². The molecule has 1 fully saturated rings. The zero-order valence-electron chi connectivity index (χ0n) is 8.83. The van der Waals surface area contributed by atoms with Gasteiger partial charge in [0.15, 0.2) is 6.29 Å². The lowest BCUT2D eigenvalue weighted by Crippen LogP contribution is -2.65. The minimum absolute atomic E-state index is 0.755. The number of carbonyl (C=O) groups excluding carboxylic acids is 1. The number of carbonyl (C=O) groups is 1. The van der Waals surface area contributed by atoms with E-state index < -0.39 is 49.3 Å². The quantitative estimate of drug-likeness (QED) is 0.379. The molecular weight excluding hydrogens is 263 g/mol. The molecule has 5 atom stereocenters. The molecule has 0 aliphatic carbocycles. The van der Waals surface area contributed by atoms with Crippen molar-refractivity contribution in [3.63, 3.8) is 0 Å². The van der Waals surface area contributed by atoms with Crippen LogP contribution in [0.2, 0.25) is 0 Å². The molecule has 1 aliphatic heterocycles. The predicted octanol–water partition coefficient (Wildman–Crippen LogP) is -2.54. The van der Waals surface area contributed by atoms with Crippen molar-refractivity contribution < 1.29 is 43.1 Å². The summed E-state index contributed by atoms with van der Waals surface area (Å²) in [6.07, 6.45) is -12.2. The average Bonchev–Trinajstić information content (AvgIpc) is 2.27. The van der Waals surface area contributed by atoms with Gasteiger partial charge in [0.2, 0.25) is 0 Å². The number of amides is 1. The third-order valence-electron chi connectivity index (χ3n) is 2.46. The Morgan fingerprint density at radius 2 is 1.78 bits per heavy atom. The molecule has 1 amide bonds. The SMILES string of the molecule is O=C(N[C@@H]1[C@H](O)[C@@H](O)[C@@H](CO)O[C@H]1O)C(F)(F)F. The van der Waals surface area contributed by atoms with Gasteiger partial charge in [-0.2, -0.15) is 13.2 Å². The number of alkyl halides is 3. The minimum atomic E-state index is -5.20. The fraction of sp³-hybridized carbons (Fsp3) is 0.875. The lowest BCUT2D eigenvalue weighted by molar-refractivity contribution is -0.256. The van der Waals surface area contributed by atoms with Gasteiger partial charge in [-0.15, -0.1) is 0 Å². The molecule has 0 aromatic carbocycles. The van der Waals surface area contributed by atoms with Crippen molar-refractivity contribution >= 4 is 5.91 Å². The minimum Gasteiger partial charge on any atom is -0.394 e. The fourth-order valence-corrected chi connectivity index (χ4v) is 1.49. The highest BCUT2D eigenvalue weighted by atomic mass is 19.4. The van der Waals surface area contributed by atoms with Crippen molar-refractivity contribution in [2.75, 3.05) is 6.61 Å². The van der Waals surface area contributed by atoms with Gasteiger partial charge in [-0.3, -0.25) is 4.79 Å². The van der Waals surface area contributed by atoms with Crippen molar-refractivity contribution in [3.05, 3.63) is 0 Å². The summed E-state index contributed by atoms with van der Waals surface area (Å²) in [7, 11) is 0. The maximum Gasteiger partial charge on any atom is 0.471 e. The summed E-state index contributed by atoms with van der Waals surface area (Å²) in [4.78, 5) is 10.6. The molecule has 0 unspecified atom stereocenters. The van der Waals surface area contributed by atoms with Crippen LogP contribution in [0.1, 0.15) is 0 Å². The Morgan fingerprint density at radius 1 is 1.22 bits per heavy atom. The van der Waals surface area contributed by atoms with Crippen LogP contribution in [-0.4, -0.2) is 69.8 Å². The van der Waals surface area contributed by atoms with Crippen LogP contribution in [0.5, 0.6) is 0 Å². The van der Waals surface area contributed by atoms with Crippen molar-refractivity contribution in [2.45, 2.75) is 36.8 Å². The maximum absolute atomic E-state index is 12.0. The number of halogens is 3. The molecule has 106 valence electrons. The summed E-state index contributed by atoms with van der Waals surface area (Å²) in [5.41, 5.74) is 0. The normalized spacial score (nSPS) is 37.4. The Balaban J connectivity index is 2.74. The molecule has 7 nitrogen and oxygen atoms in total. The summed E-state index contributed by atoms with van der Waals surface area (Å²) in [5.74, 6) is -2.39. The molecule has 1 saturated heterocycles. The van der Waals surface area contributed by atoms with Gasteiger partial charge in [0.25, 0.3) is 0 Å². The first kappa shape index (κ1) is 15.1. The number of nitrogens with one attached hydrogen (secondary N) is 1. The first-order chi connectivity index (χ1) is 8.18. The van der Waals surface area contributed by atoms with E-state index in [1.807, 2.05) is 0 Å². The first-order valence-electron chi connectivity index (χ1n) is 4.86. The number of hydrogen-bond acceptors (Lipinski definition) is 6. The summed E-state index contributed by atoms with van der Waals surface area (Å²) in [6.45, 7) is -0.755. The molecule has 18 heavy (non-hydrogen) atoms. The molecule has 1 aliphatic rings. The molecule has 1 rings (SSSR count). The van der Waals surface area contributed by atoms with Gasteiger partial charge < -0.3 is 30.5 Å². The van der Waals surface area contributed by atoms with E-state index in [1.54, 1.807) is 0 Å². The van der Waals surface area contributed by atoms with Crippen LogP contribution in [0.4, 0.5) is 13.2 Å². The van der Waals surface area contributed by atoms with Crippen LogP contribution in [0, 0.1) is 0 Å². The van der Waals surface area contributed by atoms with E-state index in [9.17, 15) is 33.3 Å². The highest BCUT2D eigenvalue weighted by Gasteiger charge is 2.48. The number of aliphatic hydroxyl groups is 4. The van der Waals surface area contributed by atoms with Crippen LogP contribution >= 0.6 is 0 Å². The van der Waals surface area contributed by atoms with Crippen LogP contribution in [-0.2, 0) is 9.53 Å². The molecule has 10 heteroatoms. The zero-order valence-corrected chi connectivity index (χ0v) is 8.83. The van der Waals surface area contributed by atoms with Gasteiger partial charge in [-0.25, -0.2) is 0 Å². The van der Waals surface area contributed by atoms with Crippen molar-refractivity contribution in [2.24, 2.45) is 0 Å².